The van der Waals surface area contributed by atoms with Gasteiger partial charge in [0.1, 0.15) is 0 Å². The Morgan fingerprint density at radius 3 is 1.50 bits per heavy atom. The van der Waals surface area contributed by atoms with Crippen molar-refractivity contribution in [3.63, 3.8) is 0 Å². The van der Waals surface area contributed by atoms with E-state index in [0.717, 1.165) is 38.9 Å². The van der Waals surface area contributed by atoms with Gasteiger partial charge in [-0.1, -0.05) is 167 Å². The van der Waals surface area contributed by atoms with Crippen molar-refractivity contribution >= 4 is 5.91 Å². The smallest absolute Gasteiger partial charge is 0.220 e. The molecule has 1 saturated heterocycles. The largest absolute Gasteiger partial charge is 0.387 e. The minimum atomic E-state index is -0.603. The number of allylic oxidation sites excluding steroid dienone is 1. The van der Waals surface area contributed by atoms with Gasteiger partial charge in [0, 0.05) is 13.0 Å². The topological polar surface area (TPSA) is 52.6 Å². The molecule has 1 heterocycles. The Morgan fingerprint density at radius 2 is 1.05 bits per heavy atom. The van der Waals surface area contributed by atoms with Crippen LogP contribution in [-0.4, -0.2) is 47.7 Å². The van der Waals surface area contributed by atoms with Crippen LogP contribution in [-0.2, 0) is 4.79 Å². The molecular formula is C38H74N2O2. The third kappa shape index (κ3) is 24.6. The highest BCUT2D eigenvalue weighted by Gasteiger charge is 2.23. The first kappa shape index (κ1) is 39.2. The summed E-state index contributed by atoms with van der Waals surface area (Å²) in [5, 5.41) is 14.2. The quantitative estimate of drug-likeness (QED) is 0.0624. The van der Waals surface area contributed by atoms with Crippen LogP contribution < -0.4 is 5.32 Å². The molecule has 1 aliphatic heterocycles. The van der Waals surface area contributed by atoms with Gasteiger partial charge in [0.05, 0.1) is 12.1 Å². The molecule has 0 saturated carbocycles. The monoisotopic (exact) mass is 591 g/mol. The minimum absolute atomic E-state index is 0.111. The Labute approximate surface area is 263 Å². The molecule has 0 bridgehead atoms. The highest BCUT2D eigenvalue weighted by atomic mass is 16.3. The van der Waals surface area contributed by atoms with Gasteiger partial charge in [-0.3, -0.25) is 4.79 Å². The van der Waals surface area contributed by atoms with Crippen LogP contribution >= 0.6 is 0 Å². The number of aliphatic hydroxyl groups excluding tert-OH is 1. The Kier molecular flexibility index (Phi) is 28.1. The van der Waals surface area contributed by atoms with E-state index in [9.17, 15) is 9.90 Å². The number of unbranched alkanes of at least 4 members (excludes halogenated alkanes) is 23. The number of nitrogens with one attached hydrogen (secondary N) is 1. The van der Waals surface area contributed by atoms with E-state index in [1.165, 1.54) is 154 Å². The zero-order chi connectivity index (χ0) is 30.4. The van der Waals surface area contributed by atoms with Crippen LogP contribution in [0.15, 0.2) is 12.2 Å². The lowest BCUT2D eigenvalue weighted by Gasteiger charge is -2.27. The second-order valence-electron chi connectivity index (χ2n) is 13.4. The first-order valence-corrected chi connectivity index (χ1v) is 19.0. The van der Waals surface area contributed by atoms with Gasteiger partial charge >= 0.3 is 0 Å². The van der Waals surface area contributed by atoms with E-state index in [-0.39, 0.29) is 11.9 Å². The van der Waals surface area contributed by atoms with Gasteiger partial charge in [0.25, 0.3) is 0 Å². The van der Waals surface area contributed by atoms with Crippen LogP contribution in [0.1, 0.15) is 194 Å². The molecule has 2 atom stereocenters. The molecule has 2 unspecified atom stereocenters. The molecule has 248 valence electrons. The van der Waals surface area contributed by atoms with E-state index in [2.05, 4.69) is 30.1 Å². The second-order valence-corrected chi connectivity index (χ2v) is 13.4. The molecule has 0 radical (unpaired) electrons. The van der Waals surface area contributed by atoms with Gasteiger partial charge in [0.2, 0.25) is 5.91 Å². The summed E-state index contributed by atoms with van der Waals surface area (Å²) in [6.07, 6.45) is 39.6. The van der Waals surface area contributed by atoms with Crippen molar-refractivity contribution in [3.05, 3.63) is 12.2 Å². The van der Waals surface area contributed by atoms with Crippen molar-refractivity contribution in [2.24, 2.45) is 0 Å². The molecule has 0 aromatic heterocycles. The molecule has 1 fully saturated rings. The number of likely N-dealkylation sites (tertiary alicyclic amines) is 1. The maximum absolute atomic E-state index is 12.8. The molecule has 4 heteroatoms. The van der Waals surface area contributed by atoms with E-state index < -0.39 is 6.10 Å². The molecule has 42 heavy (non-hydrogen) atoms. The summed E-state index contributed by atoms with van der Waals surface area (Å²) in [6.45, 7) is 7.49. The molecule has 0 aromatic carbocycles. The van der Waals surface area contributed by atoms with Crippen LogP contribution in [0.5, 0.6) is 0 Å². The molecule has 1 amide bonds. The fourth-order valence-electron chi connectivity index (χ4n) is 6.36. The Morgan fingerprint density at radius 1 is 0.643 bits per heavy atom. The number of aliphatic hydroxyl groups is 1. The summed E-state index contributed by atoms with van der Waals surface area (Å²) in [7, 11) is 0. The van der Waals surface area contributed by atoms with E-state index in [4.69, 9.17) is 0 Å². The number of amides is 1. The molecular weight excluding hydrogens is 516 g/mol. The standard InChI is InChI=1S/C38H74N2O2/c1-3-5-7-9-11-13-15-17-19-21-23-25-27-31-37(41)36(35-40-33-29-30-34-40)39-38(42)32-28-26-24-22-20-18-16-14-12-10-8-6-4-2/h27,31,36-37,41H,3-26,28-30,32-35H2,1-2H3,(H,39,42)/b31-27-. The highest BCUT2D eigenvalue weighted by Crippen LogP contribution is 2.15. The molecule has 2 N–H and O–H groups in total. The average Bonchev–Trinajstić information content (AvgIpc) is 3.50. The van der Waals surface area contributed by atoms with Gasteiger partial charge in [-0.15, -0.1) is 0 Å². The third-order valence-corrected chi connectivity index (χ3v) is 9.23. The average molecular weight is 591 g/mol. The summed E-state index contributed by atoms with van der Waals surface area (Å²) < 4.78 is 0. The Balaban J connectivity index is 2.14. The lowest BCUT2D eigenvalue weighted by atomic mass is 10.0. The summed E-state index contributed by atoms with van der Waals surface area (Å²) in [6, 6.07) is -0.203. The summed E-state index contributed by atoms with van der Waals surface area (Å²) in [5.74, 6) is 0.111. The number of hydrogen-bond acceptors (Lipinski definition) is 3. The molecule has 0 spiro atoms. The van der Waals surface area contributed by atoms with Gasteiger partial charge < -0.3 is 15.3 Å². The predicted molar refractivity (Wildman–Crippen MR) is 184 cm³/mol. The molecule has 1 rings (SSSR count). The van der Waals surface area contributed by atoms with Gasteiger partial charge in [0.15, 0.2) is 0 Å². The minimum Gasteiger partial charge on any atom is -0.387 e. The molecule has 0 aromatic rings. The van der Waals surface area contributed by atoms with Crippen LogP contribution in [0, 0.1) is 0 Å². The maximum atomic E-state index is 12.8. The maximum Gasteiger partial charge on any atom is 0.220 e. The van der Waals surface area contributed by atoms with Crippen LogP contribution in [0.4, 0.5) is 0 Å². The Bertz CT molecular complexity index is 602. The second kappa shape index (κ2) is 30.2. The normalized spacial score (nSPS) is 15.5. The van der Waals surface area contributed by atoms with Gasteiger partial charge in [-0.05, 0) is 45.2 Å². The zero-order valence-corrected chi connectivity index (χ0v) is 28.5. The van der Waals surface area contributed by atoms with E-state index >= 15 is 0 Å². The van der Waals surface area contributed by atoms with E-state index in [1.807, 2.05) is 6.08 Å². The van der Waals surface area contributed by atoms with Crippen molar-refractivity contribution in [1.29, 1.82) is 0 Å². The fraction of sp³-hybridized carbons (Fsp3) is 0.921. The number of hydrogen-bond donors (Lipinski definition) is 2. The summed E-state index contributed by atoms with van der Waals surface area (Å²) >= 11 is 0. The van der Waals surface area contributed by atoms with Gasteiger partial charge in [-0.2, -0.15) is 0 Å². The SMILES string of the molecule is CCCCCCCCCCCCC/C=C\C(O)C(CN1CCCC1)NC(=O)CCCCCCCCCCCCCCC. The van der Waals surface area contributed by atoms with Gasteiger partial charge in [-0.25, -0.2) is 0 Å². The lowest BCUT2D eigenvalue weighted by Crippen LogP contribution is -2.49. The summed E-state index contributed by atoms with van der Waals surface area (Å²) in [4.78, 5) is 15.2. The van der Waals surface area contributed by atoms with E-state index in [0.29, 0.717) is 6.42 Å². The first-order chi connectivity index (χ1) is 20.7. The number of carbonyl (C=O) groups is 1. The van der Waals surface area contributed by atoms with Crippen LogP contribution in [0.3, 0.4) is 0 Å². The van der Waals surface area contributed by atoms with Crippen LogP contribution in [0.2, 0.25) is 0 Å². The molecule has 4 nitrogen and oxygen atoms in total. The fourth-order valence-corrected chi connectivity index (χ4v) is 6.36. The third-order valence-electron chi connectivity index (χ3n) is 9.23. The summed E-state index contributed by atoms with van der Waals surface area (Å²) in [5.41, 5.74) is 0. The van der Waals surface area contributed by atoms with E-state index in [1.54, 1.807) is 0 Å². The first-order valence-electron chi connectivity index (χ1n) is 19.0. The predicted octanol–water partition coefficient (Wildman–Crippen LogP) is 10.7. The van der Waals surface area contributed by atoms with Crippen molar-refractivity contribution in [1.82, 2.24) is 10.2 Å². The number of rotatable bonds is 31. The zero-order valence-electron chi connectivity index (χ0n) is 28.5. The lowest BCUT2D eigenvalue weighted by molar-refractivity contribution is -0.122. The van der Waals surface area contributed by atoms with Crippen molar-refractivity contribution < 1.29 is 9.90 Å². The highest BCUT2D eigenvalue weighted by molar-refractivity contribution is 5.76. The van der Waals surface area contributed by atoms with Crippen LogP contribution in [0.25, 0.3) is 0 Å². The number of nitrogens with zero attached hydrogens (tertiary/aromatic N) is 1. The van der Waals surface area contributed by atoms with Crippen molar-refractivity contribution in [3.8, 4) is 0 Å². The molecule has 1 aliphatic rings. The Hall–Kier alpha value is -0.870. The molecule has 0 aliphatic carbocycles. The van der Waals surface area contributed by atoms with Crippen molar-refractivity contribution in [2.45, 2.75) is 206 Å². The number of carbonyl (C=O) groups excluding carboxylic acids is 1. The van der Waals surface area contributed by atoms with Crippen molar-refractivity contribution in [2.75, 3.05) is 19.6 Å².